The number of fused-ring (bicyclic) bond motifs is 1. The number of rotatable bonds is 4. The average molecular weight is 518 g/mol. The Bertz CT molecular complexity index is 1440. The van der Waals surface area contributed by atoms with Gasteiger partial charge in [-0.1, -0.05) is 24.4 Å². The predicted octanol–water partition coefficient (Wildman–Crippen LogP) is 4.82. The standard InChI is InChI=1S/C18H19N5O.C10H13FN2O/c1-22(13-6-4-3-5-7-13)17-14(11-20)18(24)23(2)15-9-8-12(10-19)21-16(15)17;1-10(2,3)14-13-7-8-4-5-9(11)12-6-8/h8-9,13H,3-7H2,1-2H3;4-7H,1-3H3/b;13-7-. The molecule has 0 aliphatic heterocycles. The molecule has 10 heteroatoms. The van der Waals surface area contributed by atoms with E-state index in [4.69, 9.17) is 10.1 Å². The van der Waals surface area contributed by atoms with Gasteiger partial charge in [-0.2, -0.15) is 14.9 Å². The Labute approximate surface area is 221 Å². The van der Waals surface area contributed by atoms with Crippen LogP contribution in [0.3, 0.4) is 0 Å². The van der Waals surface area contributed by atoms with E-state index in [2.05, 4.69) is 21.2 Å². The van der Waals surface area contributed by atoms with E-state index < -0.39 is 5.95 Å². The molecule has 0 N–H and O–H groups in total. The Balaban J connectivity index is 0.000000244. The molecule has 0 spiro atoms. The van der Waals surface area contributed by atoms with Gasteiger partial charge in [0, 0.05) is 31.9 Å². The maximum absolute atomic E-state index is 12.6. The second-order valence-electron chi connectivity index (χ2n) is 10.1. The second kappa shape index (κ2) is 12.3. The van der Waals surface area contributed by atoms with Crippen LogP contribution < -0.4 is 10.5 Å². The number of hydrogen-bond donors (Lipinski definition) is 0. The fourth-order valence-electron chi connectivity index (χ4n) is 4.26. The predicted molar refractivity (Wildman–Crippen MR) is 144 cm³/mol. The van der Waals surface area contributed by atoms with Crippen molar-refractivity contribution in [2.75, 3.05) is 11.9 Å². The van der Waals surface area contributed by atoms with Gasteiger partial charge in [0.2, 0.25) is 5.95 Å². The van der Waals surface area contributed by atoms with E-state index in [0.717, 1.165) is 25.7 Å². The highest BCUT2D eigenvalue weighted by Gasteiger charge is 2.25. The minimum atomic E-state index is -0.501. The Kier molecular flexibility index (Phi) is 9.14. The van der Waals surface area contributed by atoms with Gasteiger partial charge in [0.1, 0.15) is 34.5 Å². The van der Waals surface area contributed by atoms with Gasteiger partial charge in [0.15, 0.2) is 0 Å². The number of nitriles is 2. The molecular weight excluding hydrogens is 485 g/mol. The first kappa shape index (κ1) is 28.3. The van der Waals surface area contributed by atoms with Gasteiger partial charge in [-0.3, -0.25) is 4.79 Å². The number of pyridine rings is 3. The molecule has 1 aliphatic carbocycles. The lowest BCUT2D eigenvalue weighted by Gasteiger charge is -2.33. The average Bonchev–Trinajstić information content (AvgIpc) is 2.91. The number of aromatic nitrogens is 3. The SMILES string of the molecule is CC(C)(C)O/N=C\c1ccc(F)nc1.CN(c1c(C#N)c(=O)n(C)c2ccc(C#N)nc12)C1CCCCC1. The molecule has 0 bridgehead atoms. The number of nitrogens with zero attached hydrogens (tertiary/aromatic N) is 7. The van der Waals surface area contributed by atoms with Crippen molar-refractivity contribution >= 4 is 22.9 Å². The molecule has 0 unspecified atom stereocenters. The third kappa shape index (κ3) is 6.92. The van der Waals surface area contributed by atoms with Gasteiger partial charge in [-0.05, 0) is 57.9 Å². The highest BCUT2D eigenvalue weighted by molar-refractivity contribution is 5.92. The van der Waals surface area contributed by atoms with Crippen LogP contribution in [0.15, 0.2) is 40.4 Å². The number of hydrogen-bond acceptors (Lipinski definition) is 8. The minimum Gasteiger partial charge on any atom is -0.390 e. The van der Waals surface area contributed by atoms with Crippen LogP contribution in [0.2, 0.25) is 0 Å². The van der Waals surface area contributed by atoms with E-state index in [0.29, 0.717) is 22.3 Å². The number of anilines is 1. The minimum absolute atomic E-state index is 0.0978. The molecule has 4 rings (SSSR count). The van der Waals surface area contributed by atoms with Crippen molar-refractivity contribution in [3.63, 3.8) is 0 Å². The van der Waals surface area contributed by atoms with Crippen LogP contribution in [0.4, 0.5) is 10.1 Å². The van der Waals surface area contributed by atoms with Crippen LogP contribution in [-0.2, 0) is 11.9 Å². The highest BCUT2D eigenvalue weighted by atomic mass is 19.1. The molecular formula is C28H32FN7O2. The number of oxime groups is 1. The third-order valence-corrected chi connectivity index (χ3v) is 6.19. The Morgan fingerprint density at radius 3 is 2.45 bits per heavy atom. The summed E-state index contributed by atoms with van der Waals surface area (Å²) in [5.41, 5.74) is 2.18. The van der Waals surface area contributed by atoms with Crippen molar-refractivity contribution in [1.29, 1.82) is 10.5 Å². The second-order valence-corrected chi connectivity index (χ2v) is 10.1. The maximum Gasteiger partial charge on any atom is 0.270 e. The molecule has 1 fully saturated rings. The van der Waals surface area contributed by atoms with E-state index in [-0.39, 0.29) is 28.5 Å². The third-order valence-electron chi connectivity index (χ3n) is 6.19. The molecule has 9 nitrogen and oxygen atoms in total. The Hall–Kier alpha value is -4.31. The van der Waals surface area contributed by atoms with Gasteiger partial charge < -0.3 is 14.3 Å². The molecule has 3 aromatic rings. The van der Waals surface area contributed by atoms with Gasteiger partial charge in [0.25, 0.3) is 5.56 Å². The summed E-state index contributed by atoms with van der Waals surface area (Å²) in [5.74, 6) is -0.501. The summed E-state index contributed by atoms with van der Waals surface area (Å²) < 4.78 is 13.8. The highest BCUT2D eigenvalue weighted by Crippen LogP contribution is 2.32. The normalized spacial score (nSPS) is 13.9. The fraction of sp³-hybridized carbons (Fsp3) is 0.429. The molecule has 0 radical (unpaired) electrons. The monoisotopic (exact) mass is 517 g/mol. The molecule has 3 heterocycles. The molecule has 3 aromatic heterocycles. The van der Waals surface area contributed by atoms with E-state index in [1.165, 1.54) is 29.5 Å². The fourth-order valence-corrected chi connectivity index (χ4v) is 4.26. The Morgan fingerprint density at radius 2 is 1.87 bits per heavy atom. The topological polar surface area (TPSA) is 120 Å². The molecule has 0 amide bonds. The van der Waals surface area contributed by atoms with Crippen molar-refractivity contribution in [1.82, 2.24) is 14.5 Å². The zero-order chi connectivity index (χ0) is 27.9. The van der Waals surface area contributed by atoms with Crippen LogP contribution >= 0.6 is 0 Å². The van der Waals surface area contributed by atoms with Crippen LogP contribution in [0, 0.1) is 28.6 Å². The molecule has 38 heavy (non-hydrogen) atoms. The Morgan fingerprint density at radius 1 is 1.16 bits per heavy atom. The summed E-state index contributed by atoms with van der Waals surface area (Å²) in [6.45, 7) is 5.69. The van der Waals surface area contributed by atoms with E-state index in [1.54, 1.807) is 25.2 Å². The van der Waals surface area contributed by atoms with Crippen LogP contribution in [-0.4, -0.2) is 39.4 Å². The molecule has 1 aliphatic rings. The first-order chi connectivity index (χ1) is 18.1. The van der Waals surface area contributed by atoms with Gasteiger partial charge in [0.05, 0.1) is 17.4 Å². The van der Waals surface area contributed by atoms with Crippen LogP contribution in [0.5, 0.6) is 0 Å². The summed E-state index contributed by atoms with van der Waals surface area (Å²) in [6, 6.07) is 10.6. The first-order valence-electron chi connectivity index (χ1n) is 12.5. The summed E-state index contributed by atoms with van der Waals surface area (Å²) in [5, 5.41) is 22.5. The summed E-state index contributed by atoms with van der Waals surface area (Å²) in [6.07, 6.45) is 8.49. The molecule has 0 atom stereocenters. The van der Waals surface area contributed by atoms with E-state index in [1.807, 2.05) is 38.8 Å². The van der Waals surface area contributed by atoms with Gasteiger partial charge in [-0.25, -0.2) is 9.97 Å². The maximum atomic E-state index is 12.6. The summed E-state index contributed by atoms with van der Waals surface area (Å²) >= 11 is 0. The van der Waals surface area contributed by atoms with Crippen molar-refractivity contribution < 1.29 is 9.23 Å². The largest absolute Gasteiger partial charge is 0.390 e. The van der Waals surface area contributed by atoms with Crippen molar-refractivity contribution in [2.24, 2.45) is 12.2 Å². The first-order valence-corrected chi connectivity index (χ1v) is 12.5. The molecule has 0 saturated heterocycles. The van der Waals surface area contributed by atoms with Gasteiger partial charge >= 0.3 is 0 Å². The van der Waals surface area contributed by atoms with Crippen LogP contribution in [0.1, 0.15) is 69.7 Å². The summed E-state index contributed by atoms with van der Waals surface area (Å²) in [7, 11) is 3.55. The zero-order valence-electron chi connectivity index (χ0n) is 22.4. The lowest BCUT2D eigenvalue weighted by molar-refractivity contribution is 0.00199. The quantitative estimate of drug-likeness (QED) is 0.276. The molecule has 1 saturated carbocycles. The van der Waals surface area contributed by atoms with Crippen molar-refractivity contribution in [2.45, 2.75) is 64.5 Å². The van der Waals surface area contributed by atoms with Gasteiger partial charge in [-0.15, -0.1) is 0 Å². The van der Waals surface area contributed by atoms with E-state index >= 15 is 0 Å². The lowest BCUT2D eigenvalue weighted by Crippen LogP contribution is -2.36. The number of aryl methyl sites for hydroxylation is 1. The number of halogens is 1. The lowest BCUT2D eigenvalue weighted by atomic mass is 9.93. The summed E-state index contributed by atoms with van der Waals surface area (Å²) in [4.78, 5) is 27.6. The van der Waals surface area contributed by atoms with E-state index in [9.17, 15) is 14.4 Å². The molecule has 0 aromatic carbocycles. The smallest absolute Gasteiger partial charge is 0.270 e. The van der Waals surface area contributed by atoms with Crippen LogP contribution in [0.25, 0.3) is 11.0 Å². The van der Waals surface area contributed by atoms with Crippen molar-refractivity contribution in [3.05, 3.63) is 63.6 Å². The zero-order valence-corrected chi connectivity index (χ0v) is 22.4. The van der Waals surface area contributed by atoms with Crippen molar-refractivity contribution in [3.8, 4) is 12.1 Å². The molecule has 198 valence electrons.